The summed E-state index contributed by atoms with van der Waals surface area (Å²) >= 11 is 0. The molecule has 0 aliphatic rings. The van der Waals surface area contributed by atoms with Gasteiger partial charge in [0.2, 0.25) is 10.0 Å². The van der Waals surface area contributed by atoms with Crippen molar-refractivity contribution >= 4 is 15.9 Å². The maximum absolute atomic E-state index is 12.4. The third-order valence-corrected chi connectivity index (χ3v) is 5.77. The number of nitrogens with one attached hydrogen (secondary N) is 1. The highest BCUT2D eigenvalue weighted by Gasteiger charge is 2.18. The second-order valence-electron chi connectivity index (χ2n) is 5.66. The number of aromatic nitrogens is 2. The number of methoxy groups -OCH3 is 1. The van der Waals surface area contributed by atoms with Gasteiger partial charge in [0.1, 0.15) is 0 Å². The zero-order valence-electron chi connectivity index (χ0n) is 15.2. The summed E-state index contributed by atoms with van der Waals surface area (Å²) in [4.78, 5) is 12.4. The molecule has 0 saturated carbocycles. The van der Waals surface area contributed by atoms with Gasteiger partial charge in [-0.05, 0) is 25.5 Å². The molecule has 1 aromatic heterocycles. The smallest absolute Gasteiger partial charge is 0.275 e. The van der Waals surface area contributed by atoms with E-state index in [1.807, 2.05) is 30.3 Å². The molecule has 0 spiro atoms. The Kier molecular flexibility index (Phi) is 6.76. The summed E-state index contributed by atoms with van der Waals surface area (Å²) in [5, 5.41) is 7.04. The zero-order chi connectivity index (χ0) is 19.2. The van der Waals surface area contributed by atoms with Crippen LogP contribution in [0.5, 0.6) is 5.75 Å². The van der Waals surface area contributed by atoms with Crippen LogP contribution in [0.4, 0.5) is 0 Å². The molecule has 0 bridgehead atoms. The minimum atomic E-state index is -3.20. The van der Waals surface area contributed by atoms with Gasteiger partial charge >= 0.3 is 0 Å². The molecule has 9 heteroatoms. The molecule has 1 aromatic carbocycles. The number of benzene rings is 1. The van der Waals surface area contributed by atoms with Crippen molar-refractivity contribution in [2.24, 2.45) is 0 Å². The number of sulfonamides is 1. The second kappa shape index (κ2) is 8.81. The third-order valence-electron chi connectivity index (χ3n) is 3.91. The van der Waals surface area contributed by atoms with Gasteiger partial charge in [0, 0.05) is 20.1 Å². The van der Waals surface area contributed by atoms with Gasteiger partial charge in [-0.15, -0.1) is 0 Å². The molecular weight excluding hydrogens is 356 g/mol. The van der Waals surface area contributed by atoms with Crippen molar-refractivity contribution in [1.29, 1.82) is 0 Å². The molecule has 0 fully saturated rings. The number of carbonyl (C=O) groups excluding carboxylic acids is 1. The normalized spacial score (nSPS) is 11.5. The lowest BCUT2D eigenvalue weighted by atomic mass is 10.3. The van der Waals surface area contributed by atoms with Crippen LogP contribution in [0.3, 0.4) is 0 Å². The molecule has 0 aliphatic carbocycles. The van der Waals surface area contributed by atoms with E-state index in [-0.39, 0.29) is 17.4 Å². The maximum atomic E-state index is 12.4. The van der Waals surface area contributed by atoms with E-state index >= 15 is 0 Å². The second-order valence-corrected chi connectivity index (χ2v) is 8.02. The molecule has 2 rings (SSSR count). The number of para-hydroxylation sites is 1. The molecule has 0 unspecified atom stereocenters. The molecule has 0 radical (unpaired) electrons. The summed E-state index contributed by atoms with van der Waals surface area (Å²) in [6, 6.07) is 9.40. The number of amides is 1. The van der Waals surface area contributed by atoms with Gasteiger partial charge in [-0.2, -0.15) is 5.10 Å². The molecule has 1 amide bonds. The van der Waals surface area contributed by atoms with Crippen molar-refractivity contribution in [1.82, 2.24) is 19.4 Å². The van der Waals surface area contributed by atoms with Gasteiger partial charge < -0.3 is 10.1 Å². The van der Waals surface area contributed by atoms with Gasteiger partial charge in [0.15, 0.2) is 11.4 Å². The predicted molar refractivity (Wildman–Crippen MR) is 99.2 cm³/mol. The molecule has 8 nitrogen and oxygen atoms in total. The van der Waals surface area contributed by atoms with Crippen LogP contribution in [0.15, 0.2) is 36.5 Å². The van der Waals surface area contributed by atoms with Crippen molar-refractivity contribution in [3.63, 3.8) is 0 Å². The SMILES string of the molecule is CCS(=O)(=O)N(C)CCCNC(=O)c1nn(-c2ccccc2)cc1OC. The summed E-state index contributed by atoms with van der Waals surface area (Å²) in [5.41, 5.74) is 1.00. The van der Waals surface area contributed by atoms with Crippen molar-refractivity contribution in [2.75, 3.05) is 33.0 Å². The molecule has 0 atom stereocenters. The van der Waals surface area contributed by atoms with Gasteiger partial charge in [-0.25, -0.2) is 17.4 Å². The average Bonchev–Trinajstić information content (AvgIpc) is 3.10. The van der Waals surface area contributed by atoms with Crippen molar-refractivity contribution in [3.05, 3.63) is 42.2 Å². The largest absolute Gasteiger partial charge is 0.493 e. The molecule has 1 heterocycles. The van der Waals surface area contributed by atoms with E-state index in [0.29, 0.717) is 25.3 Å². The first-order chi connectivity index (χ1) is 12.4. The maximum Gasteiger partial charge on any atom is 0.275 e. The lowest BCUT2D eigenvalue weighted by molar-refractivity contribution is 0.0944. The predicted octanol–water partition coefficient (Wildman–Crippen LogP) is 1.28. The average molecular weight is 380 g/mol. The minimum Gasteiger partial charge on any atom is -0.493 e. The zero-order valence-corrected chi connectivity index (χ0v) is 16.0. The summed E-state index contributed by atoms with van der Waals surface area (Å²) in [6.45, 7) is 2.28. The van der Waals surface area contributed by atoms with Gasteiger partial charge in [0.25, 0.3) is 5.91 Å². The number of ether oxygens (including phenoxy) is 1. The van der Waals surface area contributed by atoms with Crippen LogP contribution in [-0.2, 0) is 10.0 Å². The van der Waals surface area contributed by atoms with Crippen molar-refractivity contribution in [3.8, 4) is 11.4 Å². The van der Waals surface area contributed by atoms with Crippen LogP contribution in [0, 0.1) is 0 Å². The Balaban J connectivity index is 1.96. The lowest BCUT2D eigenvalue weighted by Crippen LogP contribution is -2.32. The highest BCUT2D eigenvalue weighted by molar-refractivity contribution is 7.89. The third kappa shape index (κ3) is 4.83. The summed E-state index contributed by atoms with van der Waals surface area (Å²) in [7, 11) is -0.191. The molecule has 2 aromatic rings. The fourth-order valence-electron chi connectivity index (χ4n) is 2.32. The monoisotopic (exact) mass is 380 g/mol. The first-order valence-electron chi connectivity index (χ1n) is 8.30. The molecular formula is C17H24N4O4S. The molecule has 1 N–H and O–H groups in total. The topological polar surface area (TPSA) is 93.5 Å². The Morgan fingerprint density at radius 3 is 2.62 bits per heavy atom. The number of hydrogen-bond acceptors (Lipinski definition) is 5. The summed E-state index contributed by atoms with van der Waals surface area (Å²) in [5.74, 6) is 0.0684. The van der Waals surface area contributed by atoms with Crippen molar-refractivity contribution < 1.29 is 17.9 Å². The highest BCUT2D eigenvalue weighted by Crippen LogP contribution is 2.19. The highest BCUT2D eigenvalue weighted by atomic mass is 32.2. The van der Waals surface area contributed by atoms with Crippen LogP contribution in [-0.4, -0.2) is 61.4 Å². The van der Waals surface area contributed by atoms with Crippen LogP contribution >= 0.6 is 0 Å². The van der Waals surface area contributed by atoms with Crippen LogP contribution in [0.25, 0.3) is 5.69 Å². The lowest BCUT2D eigenvalue weighted by Gasteiger charge is -2.15. The van der Waals surface area contributed by atoms with E-state index < -0.39 is 10.0 Å². The first-order valence-corrected chi connectivity index (χ1v) is 9.91. The van der Waals surface area contributed by atoms with E-state index in [4.69, 9.17) is 4.74 Å². The van der Waals surface area contributed by atoms with Gasteiger partial charge in [-0.3, -0.25) is 4.79 Å². The van der Waals surface area contributed by atoms with Crippen LogP contribution in [0.1, 0.15) is 23.8 Å². The minimum absolute atomic E-state index is 0.0595. The van der Waals surface area contributed by atoms with Crippen LogP contribution in [0.2, 0.25) is 0 Å². The quantitative estimate of drug-likeness (QED) is 0.662. The molecule has 26 heavy (non-hydrogen) atoms. The molecule has 142 valence electrons. The Hall–Kier alpha value is -2.39. The van der Waals surface area contributed by atoms with Crippen molar-refractivity contribution in [2.45, 2.75) is 13.3 Å². The molecule has 0 aliphatic heterocycles. The molecule has 0 saturated heterocycles. The number of carbonyl (C=O) groups is 1. The van der Waals surface area contributed by atoms with Crippen LogP contribution < -0.4 is 10.1 Å². The van der Waals surface area contributed by atoms with Gasteiger partial charge in [0.05, 0.1) is 24.7 Å². The fraction of sp³-hybridized carbons (Fsp3) is 0.412. The number of hydrogen-bond donors (Lipinski definition) is 1. The Bertz CT molecular complexity index is 834. The summed E-state index contributed by atoms with van der Waals surface area (Å²) < 4.78 is 31.5. The van der Waals surface area contributed by atoms with E-state index in [9.17, 15) is 13.2 Å². The summed E-state index contributed by atoms with van der Waals surface area (Å²) in [6.07, 6.45) is 2.15. The Labute approximate surface area is 153 Å². The van der Waals surface area contributed by atoms with Gasteiger partial charge in [-0.1, -0.05) is 18.2 Å². The Morgan fingerprint density at radius 1 is 1.31 bits per heavy atom. The first kappa shape index (κ1) is 19.9. The fourth-order valence-corrected chi connectivity index (χ4v) is 3.17. The number of rotatable bonds is 9. The van der Waals surface area contributed by atoms with E-state index in [1.54, 1.807) is 17.8 Å². The van der Waals surface area contributed by atoms with E-state index in [2.05, 4.69) is 10.4 Å². The standard InChI is InChI=1S/C17H24N4O4S/c1-4-26(23,24)20(2)12-8-11-18-17(22)16-15(25-3)13-21(19-16)14-9-6-5-7-10-14/h5-7,9-10,13H,4,8,11-12H2,1-3H3,(H,18,22). The Morgan fingerprint density at radius 2 is 2.00 bits per heavy atom. The number of nitrogens with zero attached hydrogens (tertiary/aromatic N) is 3. The van der Waals surface area contributed by atoms with E-state index in [0.717, 1.165) is 5.69 Å². The van der Waals surface area contributed by atoms with E-state index in [1.165, 1.54) is 18.5 Å².